The highest BCUT2D eigenvalue weighted by Crippen LogP contribution is 2.19. The molecule has 0 saturated carbocycles. The molecule has 0 bridgehead atoms. The van der Waals surface area contributed by atoms with Crippen molar-refractivity contribution in [1.29, 1.82) is 0 Å². The molecule has 0 saturated heterocycles. The number of hydrogen-bond acceptors (Lipinski definition) is 6. The number of fused-ring (bicyclic) bond motifs is 1. The minimum absolute atomic E-state index is 0.233. The zero-order valence-electron chi connectivity index (χ0n) is 15.4. The molecule has 8 heteroatoms. The maximum atomic E-state index is 12.1. The molecular formula is C21H19NO6S. The second-order valence-electron chi connectivity index (χ2n) is 6.20. The van der Waals surface area contributed by atoms with Gasteiger partial charge in [0, 0.05) is 29.0 Å². The fourth-order valence-corrected chi connectivity index (χ4v) is 3.57. The van der Waals surface area contributed by atoms with Crippen molar-refractivity contribution in [3.63, 3.8) is 0 Å². The zero-order valence-corrected chi connectivity index (χ0v) is 16.2. The highest BCUT2D eigenvalue weighted by atomic mass is 32.2. The Balaban J connectivity index is 1.51. The Hall–Kier alpha value is -3.26. The summed E-state index contributed by atoms with van der Waals surface area (Å²) >= 11 is 1.42. The van der Waals surface area contributed by atoms with Crippen LogP contribution < -0.4 is 15.7 Å². The van der Waals surface area contributed by atoms with Crippen LogP contribution in [0.3, 0.4) is 0 Å². The number of amides is 1. The van der Waals surface area contributed by atoms with Gasteiger partial charge in [-0.05, 0) is 23.8 Å². The number of carbonyl (C=O) groups excluding carboxylic acids is 1. The van der Waals surface area contributed by atoms with E-state index < -0.39 is 23.5 Å². The third-order valence-corrected chi connectivity index (χ3v) is 5.10. The lowest BCUT2D eigenvalue weighted by Crippen LogP contribution is -2.44. The fourth-order valence-electron chi connectivity index (χ4n) is 2.56. The van der Waals surface area contributed by atoms with Crippen LogP contribution in [0.15, 0.2) is 69.9 Å². The molecule has 150 valence electrons. The van der Waals surface area contributed by atoms with Gasteiger partial charge in [0.05, 0.1) is 0 Å². The van der Waals surface area contributed by atoms with E-state index in [1.54, 1.807) is 18.2 Å². The van der Waals surface area contributed by atoms with E-state index in [0.29, 0.717) is 17.1 Å². The second-order valence-corrected chi connectivity index (χ2v) is 7.23. The molecule has 0 aliphatic carbocycles. The van der Waals surface area contributed by atoms with E-state index >= 15 is 0 Å². The number of carboxylic acids is 1. The molecule has 0 aliphatic heterocycles. The normalized spacial score (nSPS) is 11.7. The van der Waals surface area contributed by atoms with Gasteiger partial charge in [0.15, 0.2) is 6.61 Å². The summed E-state index contributed by atoms with van der Waals surface area (Å²) in [5, 5.41) is 12.5. The van der Waals surface area contributed by atoms with Crippen LogP contribution in [-0.2, 0) is 15.3 Å². The lowest BCUT2D eigenvalue weighted by molar-refractivity contribution is -0.141. The van der Waals surface area contributed by atoms with Gasteiger partial charge >= 0.3 is 11.6 Å². The summed E-state index contributed by atoms with van der Waals surface area (Å²) in [4.78, 5) is 34.8. The lowest BCUT2D eigenvalue weighted by atomic mass is 10.2. The number of carboxylic acid groups (broad SMARTS) is 1. The van der Waals surface area contributed by atoms with Crippen LogP contribution in [0, 0.1) is 0 Å². The van der Waals surface area contributed by atoms with E-state index in [1.165, 1.54) is 23.9 Å². The van der Waals surface area contributed by atoms with E-state index in [9.17, 15) is 19.5 Å². The average Bonchev–Trinajstić information content (AvgIpc) is 2.72. The standard InChI is InChI=1S/C21H19NO6S/c23-19(11-27-16-8-6-15-7-9-20(24)28-18(15)10-16)22-17(21(25)26)13-29-12-14-4-2-1-3-5-14/h1-10,17H,11-13H2,(H,22,23)(H,25,26)/t17-/m0/s1. The maximum absolute atomic E-state index is 12.1. The number of ether oxygens (including phenoxy) is 1. The van der Waals surface area contributed by atoms with Crippen molar-refractivity contribution in [3.05, 3.63) is 76.6 Å². The number of rotatable bonds is 9. The molecule has 29 heavy (non-hydrogen) atoms. The fraction of sp³-hybridized carbons (Fsp3) is 0.190. The topological polar surface area (TPSA) is 106 Å². The van der Waals surface area contributed by atoms with E-state index in [0.717, 1.165) is 10.9 Å². The highest BCUT2D eigenvalue weighted by Gasteiger charge is 2.20. The quantitative estimate of drug-likeness (QED) is 0.520. The maximum Gasteiger partial charge on any atom is 0.336 e. The Kier molecular flexibility index (Phi) is 6.91. The number of nitrogens with one attached hydrogen (secondary N) is 1. The van der Waals surface area contributed by atoms with Gasteiger partial charge in [-0.2, -0.15) is 11.8 Å². The molecule has 1 atom stereocenters. The monoisotopic (exact) mass is 413 g/mol. The number of benzene rings is 2. The van der Waals surface area contributed by atoms with Gasteiger partial charge in [0.2, 0.25) is 0 Å². The van der Waals surface area contributed by atoms with E-state index in [2.05, 4.69) is 5.32 Å². The first-order valence-corrected chi connectivity index (χ1v) is 9.97. The number of thioether (sulfide) groups is 1. The molecule has 0 fully saturated rings. The molecular weight excluding hydrogens is 394 g/mol. The van der Waals surface area contributed by atoms with Gasteiger partial charge in [0.25, 0.3) is 5.91 Å². The van der Waals surface area contributed by atoms with Crippen LogP contribution in [0.4, 0.5) is 0 Å². The van der Waals surface area contributed by atoms with Crippen LogP contribution in [0.1, 0.15) is 5.56 Å². The van der Waals surface area contributed by atoms with Crippen molar-refractivity contribution in [3.8, 4) is 5.75 Å². The Morgan fingerprint density at radius 1 is 1.10 bits per heavy atom. The molecule has 7 nitrogen and oxygen atoms in total. The smallest absolute Gasteiger partial charge is 0.336 e. The van der Waals surface area contributed by atoms with Crippen LogP contribution in [0.2, 0.25) is 0 Å². The van der Waals surface area contributed by atoms with Gasteiger partial charge in [-0.3, -0.25) is 4.79 Å². The van der Waals surface area contributed by atoms with Gasteiger partial charge in [-0.25, -0.2) is 9.59 Å². The largest absolute Gasteiger partial charge is 0.484 e. The molecule has 2 N–H and O–H groups in total. The SMILES string of the molecule is O=C(COc1ccc2ccc(=O)oc2c1)N[C@@H](CSCc1ccccc1)C(=O)O. The summed E-state index contributed by atoms with van der Waals surface area (Å²) in [5.74, 6) is -0.429. The summed E-state index contributed by atoms with van der Waals surface area (Å²) in [5.41, 5.74) is 0.945. The third kappa shape index (κ3) is 6.11. The van der Waals surface area contributed by atoms with Crippen LogP contribution in [0.25, 0.3) is 11.0 Å². The van der Waals surface area contributed by atoms with E-state index in [-0.39, 0.29) is 12.4 Å². The lowest BCUT2D eigenvalue weighted by Gasteiger charge is -2.14. The predicted molar refractivity (Wildman–Crippen MR) is 110 cm³/mol. The van der Waals surface area contributed by atoms with Crippen molar-refractivity contribution in [1.82, 2.24) is 5.32 Å². The van der Waals surface area contributed by atoms with Gasteiger partial charge in [-0.1, -0.05) is 30.3 Å². The third-order valence-electron chi connectivity index (χ3n) is 3.99. The van der Waals surface area contributed by atoms with Crippen molar-refractivity contribution < 1.29 is 23.8 Å². The predicted octanol–water partition coefficient (Wildman–Crippen LogP) is 2.67. The molecule has 1 aromatic heterocycles. The minimum Gasteiger partial charge on any atom is -0.484 e. The van der Waals surface area contributed by atoms with Crippen molar-refractivity contribution >= 4 is 34.6 Å². The summed E-state index contributed by atoms with van der Waals surface area (Å²) in [6, 6.07) is 16.4. The Morgan fingerprint density at radius 3 is 2.62 bits per heavy atom. The van der Waals surface area contributed by atoms with E-state index in [1.807, 2.05) is 30.3 Å². The molecule has 0 radical (unpaired) electrons. The Labute approximate surface area is 170 Å². The van der Waals surface area contributed by atoms with Gasteiger partial charge in [-0.15, -0.1) is 0 Å². The first-order chi connectivity index (χ1) is 14.0. The van der Waals surface area contributed by atoms with Crippen molar-refractivity contribution in [2.24, 2.45) is 0 Å². The van der Waals surface area contributed by atoms with Gasteiger partial charge in [0.1, 0.15) is 17.4 Å². The molecule has 3 rings (SSSR count). The van der Waals surface area contributed by atoms with Crippen LogP contribution in [-0.4, -0.2) is 35.4 Å². The van der Waals surface area contributed by atoms with Crippen molar-refractivity contribution in [2.45, 2.75) is 11.8 Å². The van der Waals surface area contributed by atoms with Gasteiger partial charge < -0.3 is 19.6 Å². The molecule has 1 amide bonds. The highest BCUT2D eigenvalue weighted by molar-refractivity contribution is 7.98. The molecule has 0 aliphatic rings. The summed E-state index contributed by atoms with van der Waals surface area (Å²) < 4.78 is 10.5. The Bertz CT molecular complexity index is 1050. The molecule has 0 unspecified atom stereocenters. The van der Waals surface area contributed by atoms with E-state index in [4.69, 9.17) is 9.15 Å². The summed E-state index contributed by atoms with van der Waals surface area (Å²) in [6.07, 6.45) is 0. The Morgan fingerprint density at radius 2 is 1.86 bits per heavy atom. The number of carbonyl (C=O) groups is 2. The summed E-state index contributed by atoms with van der Waals surface area (Å²) in [7, 11) is 0. The summed E-state index contributed by atoms with van der Waals surface area (Å²) in [6.45, 7) is -0.351. The van der Waals surface area contributed by atoms with Crippen molar-refractivity contribution in [2.75, 3.05) is 12.4 Å². The second kappa shape index (κ2) is 9.79. The first-order valence-electron chi connectivity index (χ1n) is 8.82. The first kappa shape index (κ1) is 20.5. The van der Waals surface area contributed by atoms with Crippen LogP contribution >= 0.6 is 11.8 Å². The van der Waals surface area contributed by atoms with Crippen LogP contribution in [0.5, 0.6) is 5.75 Å². The number of hydrogen-bond donors (Lipinski definition) is 2. The zero-order chi connectivity index (χ0) is 20.6. The molecule has 2 aromatic carbocycles. The number of aliphatic carboxylic acids is 1. The average molecular weight is 413 g/mol. The molecule has 0 spiro atoms. The molecule has 3 aromatic rings. The molecule has 1 heterocycles. The minimum atomic E-state index is -1.11.